The molecule has 2 aromatic heterocycles. The van der Waals surface area contributed by atoms with Gasteiger partial charge in [-0.15, -0.1) is 0 Å². The summed E-state index contributed by atoms with van der Waals surface area (Å²) in [7, 11) is 0. The Morgan fingerprint density at radius 1 is 1.30 bits per heavy atom. The van der Waals surface area contributed by atoms with Crippen molar-refractivity contribution in [3.63, 3.8) is 0 Å². The van der Waals surface area contributed by atoms with E-state index in [0.29, 0.717) is 30.3 Å². The van der Waals surface area contributed by atoms with Crippen LogP contribution in [0.2, 0.25) is 0 Å². The van der Waals surface area contributed by atoms with Gasteiger partial charge in [-0.1, -0.05) is 32.0 Å². The molecular formula is C22H31N5O3. The molecule has 30 heavy (non-hydrogen) atoms. The van der Waals surface area contributed by atoms with Crippen LogP contribution in [0.25, 0.3) is 21.9 Å². The molecule has 4 N–H and O–H groups in total. The smallest absolute Gasteiger partial charge is 0.242 e. The van der Waals surface area contributed by atoms with E-state index in [-0.39, 0.29) is 18.4 Å². The van der Waals surface area contributed by atoms with Crippen molar-refractivity contribution in [2.75, 3.05) is 11.9 Å². The third kappa shape index (κ3) is 4.61. The van der Waals surface area contributed by atoms with E-state index in [4.69, 9.17) is 15.5 Å². The number of benzene rings is 1. The Morgan fingerprint density at radius 2 is 2.00 bits per heavy atom. The van der Waals surface area contributed by atoms with Gasteiger partial charge in [-0.3, -0.25) is 4.79 Å². The Morgan fingerprint density at radius 3 is 2.63 bits per heavy atom. The number of aromatic nitrogens is 3. The Hall–Kier alpha value is -2.55. The maximum Gasteiger partial charge on any atom is 0.242 e. The number of aliphatic hydroxyl groups is 1. The van der Waals surface area contributed by atoms with Gasteiger partial charge < -0.3 is 25.5 Å². The Labute approximate surface area is 176 Å². The van der Waals surface area contributed by atoms with Crippen molar-refractivity contribution < 1.29 is 14.6 Å². The lowest BCUT2D eigenvalue weighted by atomic mass is 10.1. The first-order valence-corrected chi connectivity index (χ1v) is 10.3. The van der Waals surface area contributed by atoms with Crippen LogP contribution in [-0.4, -0.2) is 43.8 Å². The first-order chi connectivity index (χ1) is 14.1. The highest BCUT2D eigenvalue weighted by molar-refractivity contribution is 6.10. The largest absolute Gasteiger partial charge is 0.389 e. The zero-order valence-corrected chi connectivity index (χ0v) is 18.3. The van der Waals surface area contributed by atoms with Gasteiger partial charge >= 0.3 is 0 Å². The van der Waals surface area contributed by atoms with E-state index in [0.717, 1.165) is 16.4 Å². The van der Waals surface area contributed by atoms with Gasteiger partial charge in [0.1, 0.15) is 17.9 Å². The second-order valence-corrected chi connectivity index (χ2v) is 8.50. The second kappa shape index (κ2) is 8.67. The van der Waals surface area contributed by atoms with Gasteiger partial charge in [-0.2, -0.15) is 0 Å². The molecule has 0 aliphatic rings. The molecular weight excluding hydrogens is 382 g/mol. The van der Waals surface area contributed by atoms with Crippen LogP contribution >= 0.6 is 0 Å². The van der Waals surface area contributed by atoms with Gasteiger partial charge in [0.25, 0.3) is 0 Å². The molecule has 2 heterocycles. The Balaban J connectivity index is 2.25. The Kier molecular flexibility index (Phi) is 6.40. The fourth-order valence-electron chi connectivity index (χ4n) is 3.33. The van der Waals surface area contributed by atoms with Crippen LogP contribution in [0.1, 0.15) is 40.4 Å². The lowest BCUT2D eigenvalue weighted by molar-refractivity contribution is -0.118. The molecule has 0 aliphatic carbocycles. The summed E-state index contributed by atoms with van der Waals surface area (Å²) in [5.74, 6) is 0.701. The average Bonchev–Trinajstić information content (AvgIpc) is 3.02. The van der Waals surface area contributed by atoms with E-state index in [1.165, 1.54) is 0 Å². The molecule has 0 fully saturated rings. The number of para-hydroxylation sites is 1. The second-order valence-electron chi connectivity index (χ2n) is 8.50. The molecule has 162 valence electrons. The standard InChI is InChI=1S/C22H31N5O3/c1-6-30-11-16-25-18-19(27(16)12-22(4,5)29)14-9-7-8-10-15(14)24-20(18)26-21(28)17(23)13(2)3/h7-10,13,17,29H,6,11-12,23H2,1-5H3,(H,24,26,28). The van der Waals surface area contributed by atoms with Gasteiger partial charge in [-0.05, 0) is 32.8 Å². The quantitative estimate of drug-likeness (QED) is 0.523. The third-order valence-electron chi connectivity index (χ3n) is 4.91. The summed E-state index contributed by atoms with van der Waals surface area (Å²) in [5, 5.41) is 14.3. The topological polar surface area (TPSA) is 115 Å². The van der Waals surface area contributed by atoms with Crippen molar-refractivity contribution in [3.05, 3.63) is 30.1 Å². The minimum Gasteiger partial charge on any atom is -0.389 e. The molecule has 1 atom stereocenters. The summed E-state index contributed by atoms with van der Waals surface area (Å²) in [5.41, 5.74) is 7.13. The van der Waals surface area contributed by atoms with Crippen LogP contribution in [0.5, 0.6) is 0 Å². The molecule has 0 saturated carbocycles. The summed E-state index contributed by atoms with van der Waals surface area (Å²) >= 11 is 0. The normalized spacial score (nSPS) is 13.3. The molecule has 0 saturated heterocycles. The number of nitrogens with two attached hydrogens (primary N) is 1. The number of fused-ring (bicyclic) bond motifs is 3. The van der Waals surface area contributed by atoms with Gasteiger partial charge in [0.15, 0.2) is 5.82 Å². The van der Waals surface area contributed by atoms with Crippen molar-refractivity contribution in [2.24, 2.45) is 11.7 Å². The summed E-state index contributed by atoms with van der Waals surface area (Å²) in [6.07, 6.45) is 0. The molecule has 1 unspecified atom stereocenters. The molecule has 8 nitrogen and oxygen atoms in total. The summed E-state index contributed by atoms with van der Waals surface area (Å²) in [4.78, 5) is 22.1. The number of amides is 1. The van der Waals surface area contributed by atoms with Crippen LogP contribution in [0, 0.1) is 5.92 Å². The van der Waals surface area contributed by atoms with Crippen LogP contribution in [0.3, 0.4) is 0 Å². The highest BCUT2D eigenvalue weighted by Crippen LogP contribution is 2.31. The van der Waals surface area contributed by atoms with Gasteiger partial charge in [0.05, 0.1) is 29.2 Å². The van der Waals surface area contributed by atoms with Crippen LogP contribution in [0.4, 0.5) is 5.82 Å². The molecule has 0 aliphatic heterocycles. The predicted octanol–water partition coefficient (Wildman–Crippen LogP) is 2.81. The third-order valence-corrected chi connectivity index (χ3v) is 4.91. The number of imidazole rings is 1. The first-order valence-electron chi connectivity index (χ1n) is 10.3. The number of hydrogen-bond acceptors (Lipinski definition) is 6. The van der Waals surface area contributed by atoms with E-state index >= 15 is 0 Å². The van der Waals surface area contributed by atoms with Crippen molar-refractivity contribution in [2.45, 2.75) is 59.4 Å². The number of carbonyl (C=O) groups excluding carboxylic acids is 1. The fraction of sp³-hybridized carbons (Fsp3) is 0.500. The van der Waals surface area contributed by atoms with E-state index in [1.807, 2.05) is 49.6 Å². The minimum absolute atomic E-state index is 0.0118. The summed E-state index contributed by atoms with van der Waals surface area (Å²) < 4.78 is 7.57. The maximum atomic E-state index is 12.7. The van der Waals surface area contributed by atoms with Gasteiger partial charge in [-0.25, -0.2) is 9.97 Å². The van der Waals surface area contributed by atoms with Crippen LogP contribution < -0.4 is 11.1 Å². The Bertz CT molecular complexity index is 1050. The minimum atomic E-state index is -0.970. The van der Waals surface area contributed by atoms with Crippen molar-refractivity contribution >= 4 is 33.7 Å². The highest BCUT2D eigenvalue weighted by atomic mass is 16.5. The zero-order chi connectivity index (χ0) is 22.1. The number of ether oxygens (including phenoxy) is 1. The molecule has 1 amide bonds. The average molecular weight is 414 g/mol. The first kappa shape index (κ1) is 22.1. The number of nitrogens with zero attached hydrogens (tertiary/aromatic N) is 3. The van der Waals surface area contributed by atoms with E-state index in [9.17, 15) is 9.90 Å². The fourth-order valence-corrected chi connectivity index (χ4v) is 3.33. The predicted molar refractivity (Wildman–Crippen MR) is 118 cm³/mol. The lowest BCUT2D eigenvalue weighted by Crippen LogP contribution is -2.40. The van der Waals surface area contributed by atoms with Crippen LogP contribution in [-0.2, 0) is 22.7 Å². The molecule has 3 rings (SSSR count). The molecule has 1 aromatic carbocycles. The number of pyridine rings is 1. The number of anilines is 1. The summed E-state index contributed by atoms with van der Waals surface area (Å²) in [6, 6.07) is 7.01. The van der Waals surface area contributed by atoms with E-state index < -0.39 is 11.6 Å². The molecule has 0 bridgehead atoms. The lowest BCUT2D eigenvalue weighted by Gasteiger charge is -2.21. The van der Waals surface area contributed by atoms with Crippen molar-refractivity contribution in [1.29, 1.82) is 0 Å². The van der Waals surface area contributed by atoms with E-state index in [1.54, 1.807) is 13.8 Å². The van der Waals surface area contributed by atoms with Gasteiger partial charge in [0, 0.05) is 12.0 Å². The number of rotatable bonds is 8. The number of hydrogen-bond donors (Lipinski definition) is 3. The monoisotopic (exact) mass is 413 g/mol. The van der Waals surface area contributed by atoms with E-state index in [2.05, 4.69) is 10.3 Å². The SMILES string of the molecule is CCOCc1nc2c(NC(=O)C(N)C(C)C)nc3ccccc3c2n1CC(C)(C)O. The maximum absolute atomic E-state index is 12.7. The molecule has 3 aromatic rings. The number of carbonyl (C=O) groups is 1. The molecule has 8 heteroatoms. The van der Waals surface area contributed by atoms with Gasteiger partial charge in [0.2, 0.25) is 5.91 Å². The van der Waals surface area contributed by atoms with Crippen molar-refractivity contribution in [3.8, 4) is 0 Å². The van der Waals surface area contributed by atoms with Crippen molar-refractivity contribution in [1.82, 2.24) is 14.5 Å². The number of nitrogens with one attached hydrogen (secondary N) is 1. The molecule has 0 radical (unpaired) electrons. The van der Waals surface area contributed by atoms with Crippen LogP contribution in [0.15, 0.2) is 24.3 Å². The highest BCUT2D eigenvalue weighted by Gasteiger charge is 2.25. The zero-order valence-electron chi connectivity index (χ0n) is 18.3. The molecule has 0 spiro atoms. The summed E-state index contributed by atoms with van der Waals surface area (Å²) in [6.45, 7) is 10.3.